The first kappa shape index (κ1) is 14.1. The van der Waals surface area contributed by atoms with Gasteiger partial charge in [0.25, 0.3) is 0 Å². The van der Waals surface area contributed by atoms with Crippen molar-refractivity contribution in [1.82, 2.24) is 9.97 Å². The van der Waals surface area contributed by atoms with Gasteiger partial charge in [0.1, 0.15) is 4.88 Å². The maximum Gasteiger partial charge on any atom is 0.350 e. The molecule has 0 amide bonds. The molecular formula is C13H14N4O2S. The average molecular weight is 290 g/mol. The fraction of sp³-hybridized carbons (Fsp3) is 0.231. The van der Waals surface area contributed by atoms with Gasteiger partial charge in [-0.15, -0.1) is 0 Å². The first-order chi connectivity index (χ1) is 9.70. The molecule has 0 fully saturated rings. The van der Waals surface area contributed by atoms with Crippen LogP contribution in [0.5, 0.6) is 0 Å². The molecule has 0 bridgehead atoms. The smallest absolute Gasteiger partial charge is 0.350 e. The van der Waals surface area contributed by atoms with E-state index in [2.05, 4.69) is 20.5 Å². The first-order valence-electron chi connectivity index (χ1n) is 6.05. The Bertz CT molecular complexity index is 610. The van der Waals surface area contributed by atoms with Gasteiger partial charge in [-0.3, -0.25) is 10.4 Å². The quantitative estimate of drug-likeness (QED) is 0.520. The Labute approximate surface area is 120 Å². The lowest BCUT2D eigenvalue weighted by Crippen LogP contribution is -2.03. The maximum atomic E-state index is 11.6. The minimum absolute atomic E-state index is 0.344. The number of hydrogen-bond donors (Lipinski definition) is 1. The van der Waals surface area contributed by atoms with Crippen molar-refractivity contribution in [2.24, 2.45) is 5.10 Å². The number of esters is 1. The van der Waals surface area contributed by atoms with E-state index >= 15 is 0 Å². The van der Waals surface area contributed by atoms with E-state index in [9.17, 15) is 4.79 Å². The molecule has 2 rings (SSSR count). The summed E-state index contributed by atoms with van der Waals surface area (Å²) in [4.78, 5) is 20.5. The summed E-state index contributed by atoms with van der Waals surface area (Å²) in [6, 6.07) is 5.55. The Hall–Kier alpha value is -2.28. The number of pyridine rings is 1. The molecule has 20 heavy (non-hydrogen) atoms. The average Bonchev–Trinajstić information content (AvgIpc) is 2.81. The predicted molar refractivity (Wildman–Crippen MR) is 78.3 cm³/mol. The van der Waals surface area contributed by atoms with Crippen molar-refractivity contribution in [3.8, 4) is 0 Å². The van der Waals surface area contributed by atoms with Crippen LogP contribution in [0.4, 0.5) is 5.13 Å². The van der Waals surface area contributed by atoms with Crippen LogP contribution in [-0.2, 0) is 4.74 Å². The molecule has 0 aliphatic heterocycles. The van der Waals surface area contributed by atoms with E-state index in [4.69, 9.17) is 4.74 Å². The van der Waals surface area contributed by atoms with Crippen LogP contribution in [0, 0.1) is 6.92 Å². The van der Waals surface area contributed by atoms with E-state index in [0.29, 0.717) is 22.3 Å². The largest absolute Gasteiger partial charge is 0.462 e. The van der Waals surface area contributed by atoms with Gasteiger partial charge in [0.2, 0.25) is 5.13 Å². The van der Waals surface area contributed by atoms with E-state index in [0.717, 1.165) is 5.69 Å². The van der Waals surface area contributed by atoms with E-state index in [1.807, 2.05) is 18.2 Å². The Balaban J connectivity index is 2.02. The molecule has 7 heteroatoms. The number of ether oxygens (including phenoxy) is 1. The SMILES string of the molecule is CCOC(=O)c1sc(NN=Cc2ccccn2)nc1C. The van der Waals surface area contributed by atoms with Gasteiger partial charge in [-0.1, -0.05) is 17.4 Å². The van der Waals surface area contributed by atoms with Gasteiger partial charge in [0.05, 0.1) is 24.2 Å². The van der Waals surface area contributed by atoms with Crippen molar-refractivity contribution in [1.29, 1.82) is 0 Å². The van der Waals surface area contributed by atoms with Crippen LogP contribution in [0.2, 0.25) is 0 Å². The molecule has 0 spiro atoms. The lowest BCUT2D eigenvalue weighted by Gasteiger charge is -1.97. The highest BCUT2D eigenvalue weighted by molar-refractivity contribution is 7.17. The molecule has 0 saturated heterocycles. The van der Waals surface area contributed by atoms with Gasteiger partial charge < -0.3 is 4.74 Å². The van der Waals surface area contributed by atoms with Crippen LogP contribution in [0.3, 0.4) is 0 Å². The number of hydrazone groups is 1. The molecule has 104 valence electrons. The van der Waals surface area contributed by atoms with Crippen LogP contribution < -0.4 is 5.43 Å². The van der Waals surface area contributed by atoms with Gasteiger partial charge in [-0.2, -0.15) is 5.10 Å². The van der Waals surface area contributed by atoms with Crippen molar-refractivity contribution in [2.45, 2.75) is 13.8 Å². The van der Waals surface area contributed by atoms with Crippen LogP contribution in [0.15, 0.2) is 29.5 Å². The number of nitrogens with one attached hydrogen (secondary N) is 1. The number of aryl methyl sites for hydroxylation is 1. The molecule has 6 nitrogen and oxygen atoms in total. The number of rotatable bonds is 5. The zero-order chi connectivity index (χ0) is 14.4. The lowest BCUT2D eigenvalue weighted by atomic mass is 10.4. The third-order valence-corrected chi connectivity index (χ3v) is 3.34. The highest BCUT2D eigenvalue weighted by Crippen LogP contribution is 2.23. The van der Waals surface area contributed by atoms with E-state index in [-0.39, 0.29) is 5.97 Å². The first-order valence-corrected chi connectivity index (χ1v) is 6.87. The van der Waals surface area contributed by atoms with E-state index in [1.54, 1.807) is 26.3 Å². The Morgan fingerprint density at radius 3 is 3.10 bits per heavy atom. The van der Waals surface area contributed by atoms with Crippen molar-refractivity contribution in [3.05, 3.63) is 40.7 Å². The highest BCUT2D eigenvalue weighted by Gasteiger charge is 2.15. The zero-order valence-electron chi connectivity index (χ0n) is 11.2. The maximum absolute atomic E-state index is 11.6. The predicted octanol–water partition coefficient (Wildman–Crippen LogP) is 2.47. The second kappa shape index (κ2) is 6.76. The number of anilines is 1. The van der Waals surface area contributed by atoms with Gasteiger partial charge in [-0.05, 0) is 26.0 Å². The molecule has 2 aromatic rings. The molecule has 1 N–H and O–H groups in total. The summed E-state index contributed by atoms with van der Waals surface area (Å²) in [6.45, 7) is 3.87. The topological polar surface area (TPSA) is 76.5 Å². The molecule has 0 unspecified atom stereocenters. The summed E-state index contributed by atoms with van der Waals surface area (Å²) in [5.41, 5.74) is 4.14. The number of aromatic nitrogens is 2. The summed E-state index contributed by atoms with van der Waals surface area (Å²) in [5, 5.41) is 4.57. The normalized spacial score (nSPS) is 10.7. The molecule has 0 saturated carbocycles. The van der Waals surface area contributed by atoms with Gasteiger partial charge >= 0.3 is 5.97 Å². The molecule has 0 aliphatic rings. The molecule has 0 radical (unpaired) electrons. The number of nitrogens with zero attached hydrogens (tertiary/aromatic N) is 3. The number of carbonyl (C=O) groups is 1. The molecular weight excluding hydrogens is 276 g/mol. The summed E-state index contributed by atoms with van der Waals surface area (Å²) in [5.74, 6) is -0.357. The minimum atomic E-state index is -0.357. The molecule has 0 aromatic carbocycles. The molecule has 0 atom stereocenters. The van der Waals surface area contributed by atoms with Crippen LogP contribution in [0.25, 0.3) is 0 Å². The monoisotopic (exact) mass is 290 g/mol. The van der Waals surface area contributed by atoms with Crippen molar-refractivity contribution >= 4 is 28.7 Å². The van der Waals surface area contributed by atoms with Crippen molar-refractivity contribution < 1.29 is 9.53 Å². The third kappa shape index (κ3) is 3.61. The third-order valence-electron chi connectivity index (χ3n) is 2.30. The molecule has 2 heterocycles. The Morgan fingerprint density at radius 1 is 1.55 bits per heavy atom. The van der Waals surface area contributed by atoms with Gasteiger partial charge in [-0.25, -0.2) is 9.78 Å². The second-order valence-corrected chi connectivity index (χ2v) is 4.78. The summed E-state index contributed by atoms with van der Waals surface area (Å²) < 4.78 is 4.95. The lowest BCUT2D eigenvalue weighted by molar-refractivity contribution is 0.0531. The highest BCUT2D eigenvalue weighted by atomic mass is 32.1. The molecule has 0 aliphatic carbocycles. The zero-order valence-corrected chi connectivity index (χ0v) is 12.0. The number of thiazole rings is 1. The minimum Gasteiger partial charge on any atom is -0.462 e. The van der Waals surface area contributed by atoms with Crippen molar-refractivity contribution in [2.75, 3.05) is 12.0 Å². The fourth-order valence-electron chi connectivity index (χ4n) is 1.44. The fourth-order valence-corrected chi connectivity index (χ4v) is 2.25. The standard InChI is InChI=1S/C13H14N4O2S/c1-3-19-12(18)11-9(2)16-13(20-11)17-15-8-10-6-4-5-7-14-10/h4-8H,3H2,1-2H3,(H,16,17). The number of carbonyl (C=O) groups excluding carboxylic acids is 1. The number of hydrogen-bond acceptors (Lipinski definition) is 7. The van der Waals surface area contributed by atoms with Gasteiger partial charge in [0.15, 0.2) is 0 Å². The summed E-state index contributed by atoms with van der Waals surface area (Å²) in [6.07, 6.45) is 3.27. The van der Waals surface area contributed by atoms with Crippen LogP contribution in [-0.4, -0.2) is 28.8 Å². The van der Waals surface area contributed by atoms with Crippen LogP contribution >= 0.6 is 11.3 Å². The summed E-state index contributed by atoms with van der Waals surface area (Å²) >= 11 is 1.21. The molecule has 2 aromatic heterocycles. The van der Waals surface area contributed by atoms with E-state index < -0.39 is 0 Å². The summed E-state index contributed by atoms with van der Waals surface area (Å²) in [7, 11) is 0. The van der Waals surface area contributed by atoms with Crippen molar-refractivity contribution in [3.63, 3.8) is 0 Å². The Kier molecular flexibility index (Phi) is 4.78. The second-order valence-electron chi connectivity index (χ2n) is 3.78. The van der Waals surface area contributed by atoms with E-state index in [1.165, 1.54) is 11.3 Å². The Morgan fingerprint density at radius 2 is 2.40 bits per heavy atom. The van der Waals surface area contributed by atoms with Gasteiger partial charge in [0, 0.05) is 6.20 Å². The van der Waals surface area contributed by atoms with Crippen LogP contribution in [0.1, 0.15) is 28.0 Å².